The standard InChI is InChI=1S/C24H22N4O4S2/c1-16-7-6-10-21(17(16)2)25-22(29)15-33-24-27-26-23(32-24)18-11-13-19(14-12-18)28-34(30,31)20-8-4-3-5-9-20/h3-14,28H,15H2,1-2H3,(H,25,29). The van der Waals surface area contributed by atoms with Crippen LogP contribution in [-0.2, 0) is 14.8 Å². The second-order valence-electron chi connectivity index (χ2n) is 7.45. The first-order valence-electron chi connectivity index (χ1n) is 10.3. The summed E-state index contributed by atoms with van der Waals surface area (Å²) >= 11 is 1.14. The summed E-state index contributed by atoms with van der Waals surface area (Å²) in [5.41, 5.74) is 3.94. The van der Waals surface area contributed by atoms with Crippen LogP contribution in [0.3, 0.4) is 0 Å². The van der Waals surface area contributed by atoms with E-state index in [0.717, 1.165) is 28.6 Å². The number of thioether (sulfide) groups is 1. The molecule has 0 bridgehead atoms. The number of carbonyl (C=O) groups is 1. The predicted molar refractivity (Wildman–Crippen MR) is 132 cm³/mol. The summed E-state index contributed by atoms with van der Waals surface area (Å²) in [6.45, 7) is 3.95. The van der Waals surface area contributed by atoms with E-state index in [4.69, 9.17) is 4.42 Å². The van der Waals surface area contributed by atoms with Crippen molar-refractivity contribution >= 4 is 39.1 Å². The molecule has 8 nitrogen and oxygen atoms in total. The minimum atomic E-state index is -3.67. The van der Waals surface area contributed by atoms with Gasteiger partial charge in [0.2, 0.25) is 11.8 Å². The van der Waals surface area contributed by atoms with Crippen molar-refractivity contribution in [1.29, 1.82) is 0 Å². The van der Waals surface area contributed by atoms with Crippen LogP contribution in [0.5, 0.6) is 0 Å². The zero-order valence-corrected chi connectivity index (χ0v) is 20.1. The quantitative estimate of drug-likeness (QED) is 0.335. The molecule has 4 aromatic rings. The number of rotatable bonds is 8. The molecule has 0 aliphatic heterocycles. The Bertz CT molecular complexity index is 1400. The molecule has 0 radical (unpaired) electrons. The first-order chi connectivity index (χ1) is 16.3. The van der Waals surface area contributed by atoms with Crippen LogP contribution in [0.25, 0.3) is 11.5 Å². The van der Waals surface area contributed by atoms with Gasteiger partial charge in [0.15, 0.2) is 0 Å². The topological polar surface area (TPSA) is 114 Å². The van der Waals surface area contributed by atoms with E-state index in [1.807, 2.05) is 32.0 Å². The molecule has 0 aliphatic carbocycles. The maximum atomic E-state index is 12.4. The summed E-state index contributed by atoms with van der Waals surface area (Å²) in [6.07, 6.45) is 0. The number of nitrogens with zero attached hydrogens (tertiary/aromatic N) is 2. The van der Waals surface area contributed by atoms with E-state index in [1.54, 1.807) is 42.5 Å². The minimum absolute atomic E-state index is 0.120. The number of nitrogens with one attached hydrogen (secondary N) is 2. The van der Waals surface area contributed by atoms with Crippen LogP contribution in [0.4, 0.5) is 11.4 Å². The maximum absolute atomic E-state index is 12.4. The molecule has 174 valence electrons. The van der Waals surface area contributed by atoms with E-state index < -0.39 is 10.0 Å². The molecule has 0 fully saturated rings. The van der Waals surface area contributed by atoms with E-state index >= 15 is 0 Å². The van der Waals surface area contributed by atoms with Crippen molar-refractivity contribution in [3.63, 3.8) is 0 Å². The lowest BCUT2D eigenvalue weighted by Gasteiger charge is -2.09. The molecule has 34 heavy (non-hydrogen) atoms. The van der Waals surface area contributed by atoms with Crippen LogP contribution >= 0.6 is 11.8 Å². The lowest BCUT2D eigenvalue weighted by Crippen LogP contribution is -2.15. The summed E-state index contributed by atoms with van der Waals surface area (Å²) in [5, 5.41) is 11.2. The highest BCUT2D eigenvalue weighted by molar-refractivity contribution is 7.99. The lowest BCUT2D eigenvalue weighted by atomic mass is 10.1. The van der Waals surface area contributed by atoms with Gasteiger partial charge in [0.1, 0.15) is 0 Å². The molecule has 0 saturated carbocycles. The number of carbonyl (C=O) groups excluding carboxylic acids is 1. The molecule has 3 aromatic carbocycles. The minimum Gasteiger partial charge on any atom is -0.411 e. The SMILES string of the molecule is Cc1cccc(NC(=O)CSc2nnc(-c3ccc(NS(=O)(=O)c4ccccc4)cc3)o2)c1C. The molecule has 1 aromatic heterocycles. The van der Waals surface area contributed by atoms with Crippen molar-refractivity contribution in [2.24, 2.45) is 0 Å². The van der Waals surface area contributed by atoms with Gasteiger partial charge in [0.05, 0.1) is 10.6 Å². The molecule has 1 amide bonds. The average molecular weight is 495 g/mol. The predicted octanol–water partition coefficient (Wildman–Crippen LogP) is 4.89. The molecule has 0 saturated heterocycles. The number of benzene rings is 3. The highest BCUT2D eigenvalue weighted by Gasteiger charge is 2.15. The van der Waals surface area contributed by atoms with Gasteiger partial charge in [-0.25, -0.2) is 8.42 Å². The molecule has 0 unspecified atom stereocenters. The first-order valence-corrected chi connectivity index (χ1v) is 12.8. The van der Waals surface area contributed by atoms with Crippen LogP contribution < -0.4 is 10.0 Å². The fourth-order valence-electron chi connectivity index (χ4n) is 3.08. The van der Waals surface area contributed by atoms with Crippen LogP contribution in [-0.4, -0.2) is 30.3 Å². The molecule has 0 aliphatic rings. The summed E-state index contributed by atoms with van der Waals surface area (Å²) in [7, 11) is -3.67. The van der Waals surface area contributed by atoms with Crippen LogP contribution in [0.1, 0.15) is 11.1 Å². The van der Waals surface area contributed by atoms with E-state index in [2.05, 4.69) is 20.2 Å². The molecule has 1 heterocycles. The Kier molecular flexibility index (Phi) is 6.99. The highest BCUT2D eigenvalue weighted by atomic mass is 32.2. The zero-order valence-electron chi connectivity index (χ0n) is 18.5. The number of anilines is 2. The van der Waals surface area contributed by atoms with Crippen LogP contribution in [0.15, 0.2) is 87.3 Å². The second kappa shape index (κ2) is 10.1. The largest absolute Gasteiger partial charge is 0.411 e. The Morgan fingerprint density at radius 1 is 0.941 bits per heavy atom. The van der Waals surface area contributed by atoms with Gasteiger partial charge in [-0.3, -0.25) is 9.52 Å². The Hall–Kier alpha value is -3.63. The Morgan fingerprint density at radius 3 is 2.41 bits per heavy atom. The van der Waals surface area contributed by atoms with Gasteiger partial charge in [-0.05, 0) is 67.4 Å². The van der Waals surface area contributed by atoms with Gasteiger partial charge < -0.3 is 9.73 Å². The van der Waals surface area contributed by atoms with Gasteiger partial charge in [0, 0.05) is 16.9 Å². The normalized spacial score (nSPS) is 11.2. The average Bonchev–Trinajstić information content (AvgIpc) is 3.31. The zero-order chi connectivity index (χ0) is 24.1. The fourth-order valence-corrected chi connectivity index (χ4v) is 4.72. The molecule has 2 N–H and O–H groups in total. The number of amides is 1. The van der Waals surface area contributed by atoms with Crippen molar-refractivity contribution in [2.75, 3.05) is 15.8 Å². The number of aryl methyl sites for hydroxylation is 1. The number of hydrogen-bond donors (Lipinski definition) is 2. The van der Waals surface area contributed by atoms with E-state index in [0.29, 0.717) is 11.3 Å². The Balaban J connectivity index is 1.35. The number of hydrogen-bond acceptors (Lipinski definition) is 7. The van der Waals surface area contributed by atoms with Crippen LogP contribution in [0, 0.1) is 13.8 Å². The molecular formula is C24H22N4O4S2. The second-order valence-corrected chi connectivity index (χ2v) is 10.1. The smallest absolute Gasteiger partial charge is 0.277 e. The van der Waals surface area contributed by atoms with Gasteiger partial charge in [-0.2, -0.15) is 0 Å². The number of sulfonamides is 1. The summed E-state index contributed by atoms with van der Waals surface area (Å²) in [6, 6.07) is 20.5. The molecule has 10 heteroatoms. The van der Waals surface area contributed by atoms with Crippen molar-refractivity contribution in [2.45, 2.75) is 24.0 Å². The lowest BCUT2D eigenvalue weighted by molar-refractivity contribution is -0.113. The summed E-state index contributed by atoms with van der Waals surface area (Å²) in [5.74, 6) is 0.221. The third-order valence-corrected chi connectivity index (χ3v) is 7.27. The number of aromatic nitrogens is 2. The third-order valence-electron chi connectivity index (χ3n) is 5.05. The van der Waals surface area contributed by atoms with E-state index in [9.17, 15) is 13.2 Å². The Labute approximate surface area is 201 Å². The molecule has 4 rings (SSSR count). The van der Waals surface area contributed by atoms with Crippen LogP contribution in [0.2, 0.25) is 0 Å². The van der Waals surface area contributed by atoms with Gasteiger partial charge in [-0.15, -0.1) is 10.2 Å². The molecule has 0 spiro atoms. The first kappa shape index (κ1) is 23.5. The molecular weight excluding hydrogens is 472 g/mol. The summed E-state index contributed by atoms with van der Waals surface area (Å²) in [4.78, 5) is 12.5. The van der Waals surface area contributed by atoms with Crippen molar-refractivity contribution in [1.82, 2.24) is 10.2 Å². The maximum Gasteiger partial charge on any atom is 0.277 e. The van der Waals surface area contributed by atoms with Gasteiger partial charge in [-0.1, -0.05) is 42.1 Å². The third kappa shape index (κ3) is 5.64. The van der Waals surface area contributed by atoms with Gasteiger partial charge in [0.25, 0.3) is 15.2 Å². The highest BCUT2D eigenvalue weighted by Crippen LogP contribution is 2.26. The van der Waals surface area contributed by atoms with E-state index in [-0.39, 0.29) is 27.7 Å². The molecule has 0 atom stereocenters. The fraction of sp³-hybridized carbons (Fsp3) is 0.125. The summed E-state index contributed by atoms with van der Waals surface area (Å²) < 4.78 is 33.1. The van der Waals surface area contributed by atoms with Crippen molar-refractivity contribution in [3.05, 3.63) is 83.9 Å². The van der Waals surface area contributed by atoms with Gasteiger partial charge >= 0.3 is 0 Å². The van der Waals surface area contributed by atoms with Crippen molar-refractivity contribution < 1.29 is 17.6 Å². The van der Waals surface area contributed by atoms with E-state index in [1.165, 1.54) is 12.1 Å². The van der Waals surface area contributed by atoms with Crippen molar-refractivity contribution in [3.8, 4) is 11.5 Å². The monoisotopic (exact) mass is 494 g/mol. The Morgan fingerprint density at radius 2 is 1.68 bits per heavy atom.